The number of halogens is 1. The van der Waals surface area contributed by atoms with Gasteiger partial charge in [0.05, 0.1) is 12.5 Å². The number of aliphatic carboxylic acids is 1. The van der Waals surface area contributed by atoms with E-state index in [0.29, 0.717) is 5.56 Å². The molecule has 6 heteroatoms. The summed E-state index contributed by atoms with van der Waals surface area (Å²) in [6.07, 6.45) is 0.445. The van der Waals surface area contributed by atoms with Crippen LogP contribution in [0.25, 0.3) is 0 Å². The van der Waals surface area contributed by atoms with Crippen molar-refractivity contribution in [3.63, 3.8) is 0 Å². The Morgan fingerprint density at radius 2 is 1.95 bits per heavy atom. The van der Waals surface area contributed by atoms with Gasteiger partial charge < -0.3 is 10.4 Å². The first-order valence-corrected chi connectivity index (χ1v) is 7.71. The maximum Gasteiger partial charge on any atom is 0.303 e. The molecule has 0 bridgehead atoms. The molecule has 2 N–H and O–H groups in total. The van der Waals surface area contributed by atoms with Gasteiger partial charge >= 0.3 is 5.97 Å². The van der Waals surface area contributed by atoms with Crippen molar-refractivity contribution in [2.75, 3.05) is 0 Å². The van der Waals surface area contributed by atoms with Crippen LogP contribution in [0.15, 0.2) is 41.8 Å². The molecule has 0 saturated heterocycles. The van der Waals surface area contributed by atoms with Gasteiger partial charge in [-0.15, -0.1) is 11.3 Å². The molecule has 0 fully saturated rings. The summed E-state index contributed by atoms with van der Waals surface area (Å²) in [5, 5.41) is 13.5. The average Bonchev–Trinajstić information content (AvgIpc) is 2.97. The number of carbonyl (C=O) groups excluding carboxylic acids is 1. The van der Waals surface area contributed by atoms with Crippen LogP contribution in [0.3, 0.4) is 0 Å². The van der Waals surface area contributed by atoms with E-state index in [1.165, 1.54) is 23.5 Å². The summed E-state index contributed by atoms with van der Waals surface area (Å²) in [5.41, 5.74) is 0.696. The van der Waals surface area contributed by atoms with Crippen LogP contribution in [0.2, 0.25) is 0 Å². The molecule has 1 amide bonds. The molecule has 0 aliphatic rings. The van der Waals surface area contributed by atoms with Crippen LogP contribution in [0, 0.1) is 5.82 Å². The van der Waals surface area contributed by atoms with Crippen molar-refractivity contribution in [3.05, 3.63) is 58.0 Å². The number of hydrogen-bond donors (Lipinski definition) is 2. The molecule has 116 valence electrons. The summed E-state index contributed by atoms with van der Waals surface area (Å²) in [6, 6.07) is 9.02. The van der Waals surface area contributed by atoms with Crippen molar-refractivity contribution >= 4 is 23.2 Å². The van der Waals surface area contributed by atoms with E-state index in [2.05, 4.69) is 5.32 Å². The number of amides is 1. The van der Waals surface area contributed by atoms with Crippen molar-refractivity contribution < 1.29 is 19.1 Å². The predicted molar refractivity (Wildman–Crippen MR) is 82.2 cm³/mol. The minimum Gasteiger partial charge on any atom is -0.481 e. The molecule has 4 nitrogen and oxygen atoms in total. The summed E-state index contributed by atoms with van der Waals surface area (Å²) in [4.78, 5) is 23.8. The number of thiophene rings is 1. The number of rotatable bonds is 7. The third-order valence-corrected chi connectivity index (χ3v) is 4.05. The molecular formula is C16H16FNO3S. The molecule has 0 saturated carbocycles. The van der Waals surface area contributed by atoms with Gasteiger partial charge in [0.2, 0.25) is 5.91 Å². The van der Waals surface area contributed by atoms with Gasteiger partial charge in [-0.25, -0.2) is 4.39 Å². The zero-order valence-electron chi connectivity index (χ0n) is 11.8. The molecule has 22 heavy (non-hydrogen) atoms. The summed E-state index contributed by atoms with van der Waals surface area (Å²) in [7, 11) is 0. The quantitative estimate of drug-likeness (QED) is 0.823. The number of hydrogen-bond acceptors (Lipinski definition) is 3. The normalized spacial score (nSPS) is 11.9. The van der Waals surface area contributed by atoms with Crippen LogP contribution in [-0.2, 0) is 16.0 Å². The van der Waals surface area contributed by atoms with Gasteiger partial charge in [0, 0.05) is 11.3 Å². The fourth-order valence-corrected chi connectivity index (χ4v) is 2.81. The van der Waals surface area contributed by atoms with E-state index < -0.39 is 12.0 Å². The second kappa shape index (κ2) is 7.70. The topological polar surface area (TPSA) is 66.4 Å². The highest BCUT2D eigenvalue weighted by Crippen LogP contribution is 2.20. The molecular weight excluding hydrogens is 305 g/mol. The Morgan fingerprint density at radius 3 is 2.55 bits per heavy atom. The second-order valence-corrected chi connectivity index (χ2v) is 5.89. The summed E-state index contributed by atoms with van der Waals surface area (Å²) >= 11 is 1.49. The Labute approximate surface area is 131 Å². The van der Waals surface area contributed by atoms with Gasteiger partial charge in [-0.1, -0.05) is 18.2 Å². The molecule has 1 atom stereocenters. The van der Waals surface area contributed by atoms with Crippen LogP contribution in [0.1, 0.15) is 29.3 Å². The Kier molecular flexibility index (Phi) is 5.66. The minimum absolute atomic E-state index is 0.0681. The lowest BCUT2D eigenvalue weighted by atomic mass is 10.0. The van der Waals surface area contributed by atoms with Crippen molar-refractivity contribution in [1.29, 1.82) is 0 Å². The van der Waals surface area contributed by atoms with E-state index in [-0.39, 0.29) is 31.0 Å². The molecule has 1 aromatic heterocycles. The zero-order chi connectivity index (χ0) is 15.9. The standard InChI is InChI=1S/C16H16FNO3S/c17-12-5-3-11(4-6-12)14(7-8-16(20)21)18-15(19)10-13-2-1-9-22-13/h1-6,9,14H,7-8,10H2,(H,18,19)(H,20,21). The highest BCUT2D eigenvalue weighted by molar-refractivity contribution is 7.10. The van der Waals surface area contributed by atoms with Gasteiger partial charge in [0.25, 0.3) is 0 Å². The number of carbonyl (C=O) groups is 2. The first-order valence-electron chi connectivity index (χ1n) is 6.83. The Morgan fingerprint density at radius 1 is 1.23 bits per heavy atom. The van der Waals surface area contributed by atoms with Gasteiger partial charge in [-0.05, 0) is 35.6 Å². The van der Waals surface area contributed by atoms with E-state index in [1.54, 1.807) is 12.1 Å². The molecule has 2 rings (SSSR count). The number of benzene rings is 1. The lowest BCUT2D eigenvalue weighted by molar-refractivity contribution is -0.137. The van der Waals surface area contributed by atoms with Crippen LogP contribution < -0.4 is 5.32 Å². The van der Waals surface area contributed by atoms with E-state index in [4.69, 9.17) is 5.11 Å². The van der Waals surface area contributed by atoms with Gasteiger partial charge in [0.1, 0.15) is 5.82 Å². The largest absolute Gasteiger partial charge is 0.481 e. The average molecular weight is 321 g/mol. The molecule has 0 radical (unpaired) electrons. The van der Waals surface area contributed by atoms with Crippen molar-refractivity contribution in [2.24, 2.45) is 0 Å². The summed E-state index contributed by atoms with van der Waals surface area (Å²) < 4.78 is 13.0. The van der Waals surface area contributed by atoms with Crippen LogP contribution in [0.5, 0.6) is 0 Å². The maximum absolute atomic E-state index is 13.0. The summed E-state index contributed by atoms with van der Waals surface area (Å²) in [6.45, 7) is 0. The Balaban J connectivity index is 2.04. The van der Waals surface area contributed by atoms with Crippen LogP contribution in [-0.4, -0.2) is 17.0 Å². The molecule has 2 aromatic rings. The van der Waals surface area contributed by atoms with Crippen LogP contribution >= 0.6 is 11.3 Å². The van der Waals surface area contributed by atoms with Gasteiger partial charge in [0.15, 0.2) is 0 Å². The fourth-order valence-electron chi connectivity index (χ4n) is 2.10. The van der Waals surface area contributed by atoms with Crippen molar-refractivity contribution in [1.82, 2.24) is 5.32 Å². The molecule has 0 spiro atoms. The molecule has 1 unspecified atom stereocenters. The highest BCUT2D eigenvalue weighted by Gasteiger charge is 2.16. The molecule has 1 heterocycles. The lowest BCUT2D eigenvalue weighted by Crippen LogP contribution is -2.30. The van der Waals surface area contributed by atoms with E-state index in [9.17, 15) is 14.0 Å². The SMILES string of the molecule is O=C(O)CCC(NC(=O)Cc1cccs1)c1ccc(F)cc1. The summed E-state index contributed by atoms with van der Waals surface area (Å²) in [5.74, 6) is -1.48. The van der Waals surface area contributed by atoms with Gasteiger partial charge in [-0.2, -0.15) is 0 Å². The number of carboxylic acids is 1. The Hall–Kier alpha value is -2.21. The predicted octanol–water partition coefficient (Wildman–Crippen LogP) is 3.15. The molecule has 0 aliphatic carbocycles. The van der Waals surface area contributed by atoms with E-state index >= 15 is 0 Å². The van der Waals surface area contributed by atoms with E-state index in [1.807, 2.05) is 17.5 Å². The zero-order valence-corrected chi connectivity index (χ0v) is 12.6. The highest BCUT2D eigenvalue weighted by atomic mass is 32.1. The molecule has 1 aromatic carbocycles. The van der Waals surface area contributed by atoms with Crippen molar-refractivity contribution in [2.45, 2.75) is 25.3 Å². The van der Waals surface area contributed by atoms with Gasteiger partial charge in [-0.3, -0.25) is 9.59 Å². The van der Waals surface area contributed by atoms with Crippen molar-refractivity contribution in [3.8, 4) is 0 Å². The van der Waals surface area contributed by atoms with Crippen LogP contribution in [0.4, 0.5) is 4.39 Å². The molecule has 0 aliphatic heterocycles. The first-order chi connectivity index (χ1) is 10.5. The van der Waals surface area contributed by atoms with E-state index in [0.717, 1.165) is 4.88 Å². The smallest absolute Gasteiger partial charge is 0.303 e. The Bertz CT molecular complexity index is 625. The maximum atomic E-state index is 13.0. The lowest BCUT2D eigenvalue weighted by Gasteiger charge is -2.18. The minimum atomic E-state index is -0.931. The second-order valence-electron chi connectivity index (χ2n) is 4.86. The fraction of sp³-hybridized carbons (Fsp3) is 0.250. The first kappa shape index (κ1) is 16.2. The third-order valence-electron chi connectivity index (χ3n) is 3.17. The third kappa shape index (κ3) is 4.96. The number of carboxylic acid groups (broad SMARTS) is 1. The number of nitrogens with one attached hydrogen (secondary N) is 1. The monoisotopic (exact) mass is 321 g/mol.